The summed E-state index contributed by atoms with van der Waals surface area (Å²) in [6.07, 6.45) is 0.0578. The maximum absolute atomic E-state index is 11.6. The third-order valence-electron chi connectivity index (χ3n) is 2.41. The van der Waals surface area contributed by atoms with Gasteiger partial charge in [0.2, 0.25) is 5.91 Å². The first-order valence-electron chi connectivity index (χ1n) is 6.00. The molecule has 0 bridgehead atoms. The Labute approximate surface area is 116 Å². The second kappa shape index (κ2) is 7.18. The van der Waals surface area contributed by atoms with Crippen molar-refractivity contribution >= 4 is 11.9 Å². The van der Waals surface area contributed by atoms with Crippen LogP contribution in [0.2, 0.25) is 0 Å². The second-order valence-electron chi connectivity index (χ2n) is 4.27. The third kappa shape index (κ3) is 5.01. The van der Waals surface area contributed by atoms with Crippen LogP contribution in [0.5, 0.6) is 11.5 Å². The van der Waals surface area contributed by atoms with E-state index in [2.05, 4.69) is 11.9 Å². The van der Waals surface area contributed by atoms with Crippen LogP contribution in [-0.2, 0) is 20.7 Å². The van der Waals surface area contributed by atoms with E-state index in [0.717, 1.165) is 0 Å². The molecule has 0 aromatic heterocycles. The number of aromatic hydroxyl groups is 2. The van der Waals surface area contributed by atoms with Crippen molar-refractivity contribution in [2.45, 2.75) is 13.3 Å². The molecular weight excluding hydrogens is 262 g/mol. The standard InChI is InChI=1S/C14H17NO5/c1-9(2)14(19)20-6-5-15-13(18)8-10-3-4-11(16)12(17)7-10/h3-4,7,16-17H,1,5-6,8H2,2H3,(H,15,18). The molecule has 3 N–H and O–H groups in total. The summed E-state index contributed by atoms with van der Waals surface area (Å²) < 4.78 is 4.81. The summed E-state index contributed by atoms with van der Waals surface area (Å²) in [5.41, 5.74) is 0.868. The monoisotopic (exact) mass is 279 g/mol. The van der Waals surface area contributed by atoms with Crippen LogP contribution in [0.3, 0.4) is 0 Å². The van der Waals surface area contributed by atoms with E-state index in [9.17, 15) is 14.7 Å². The topological polar surface area (TPSA) is 95.9 Å². The average Bonchev–Trinajstić information content (AvgIpc) is 2.38. The number of nitrogens with one attached hydrogen (secondary N) is 1. The first kappa shape index (κ1) is 15.6. The van der Waals surface area contributed by atoms with Gasteiger partial charge < -0.3 is 20.3 Å². The Bertz CT molecular complexity index is 524. The van der Waals surface area contributed by atoms with Crippen LogP contribution in [0, 0.1) is 0 Å². The minimum Gasteiger partial charge on any atom is -0.504 e. The van der Waals surface area contributed by atoms with Gasteiger partial charge in [-0.05, 0) is 24.6 Å². The van der Waals surface area contributed by atoms with Crippen LogP contribution < -0.4 is 5.32 Å². The van der Waals surface area contributed by atoms with Gasteiger partial charge in [-0.15, -0.1) is 0 Å². The quantitative estimate of drug-likeness (QED) is 0.311. The molecule has 20 heavy (non-hydrogen) atoms. The summed E-state index contributed by atoms with van der Waals surface area (Å²) in [6.45, 7) is 5.24. The average molecular weight is 279 g/mol. The van der Waals surface area contributed by atoms with Gasteiger partial charge in [0.25, 0.3) is 0 Å². The molecule has 0 aliphatic heterocycles. The molecule has 0 saturated carbocycles. The lowest BCUT2D eigenvalue weighted by molar-refractivity contribution is -0.139. The van der Waals surface area contributed by atoms with E-state index in [1.165, 1.54) is 25.1 Å². The van der Waals surface area contributed by atoms with Crippen molar-refractivity contribution in [3.05, 3.63) is 35.9 Å². The fourth-order valence-electron chi connectivity index (χ4n) is 1.38. The van der Waals surface area contributed by atoms with Crippen LogP contribution >= 0.6 is 0 Å². The number of amides is 1. The number of carbonyl (C=O) groups excluding carboxylic acids is 2. The summed E-state index contributed by atoms with van der Waals surface area (Å²) in [6, 6.07) is 4.17. The zero-order valence-corrected chi connectivity index (χ0v) is 11.2. The zero-order chi connectivity index (χ0) is 15.1. The first-order valence-corrected chi connectivity index (χ1v) is 6.00. The van der Waals surface area contributed by atoms with Gasteiger partial charge in [-0.25, -0.2) is 4.79 Å². The highest BCUT2D eigenvalue weighted by atomic mass is 16.5. The fourth-order valence-corrected chi connectivity index (χ4v) is 1.38. The molecule has 6 heteroatoms. The van der Waals surface area contributed by atoms with E-state index in [-0.39, 0.29) is 37.0 Å². The highest BCUT2D eigenvalue weighted by Crippen LogP contribution is 2.24. The molecule has 1 aromatic rings. The van der Waals surface area contributed by atoms with E-state index < -0.39 is 5.97 Å². The minimum absolute atomic E-state index is 0.0578. The molecule has 0 heterocycles. The maximum atomic E-state index is 11.6. The van der Waals surface area contributed by atoms with Gasteiger partial charge in [0.1, 0.15) is 6.61 Å². The van der Waals surface area contributed by atoms with Crippen molar-refractivity contribution in [1.29, 1.82) is 0 Å². The van der Waals surface area contributed by atoms with Crippen molar-refractivity contribution in [1.82, 2.24) is 5.32 Å². The lowest BCUT2D eigenvalue weighted by atomic mass is 10.1. The lowest BCUT2D eigenvalue weighted by Crippen LogP contribution is -2.29. The Kier molecular flexibility index (Phi) is 5.58. The van der Waals surface area contributed by atoms with E-state index in [0.29, 0.717) is 11.1 Å². The molecule has 1 rings (SSSR count). The van der Waals surface area contributed by atoms with E-state index in [4.69, 9.17) is 9.84 Å². The molecule has 1 aromatic carbocycles. The maximum Gasteiger partial charge on any atom is 0.333 e. The van der Waals surface area contributed by atoms with Crippen LogP contribution in [0.4, 0.5) is 0 Å². The van der Waals surface area contributed by atoms with Crippen LogP contribution in [-0.4, -0.2) is 35.2 Å². The molecule has 0 spiro atoms. The Hall–Kier alpha value is -2.50. The highest BCUT2D eigenvalue weighted by Gasteiger charge is 2.07. The van der Waals surface area contributed by atoms with Crippen molar-refractivity contribution in [3.8, 4) is 11.5 Å². The Balaban J connectivity index is 2.31. The number of phenolic OH excluding ortho intramolecular Hbond substituents is 2. The molecule has 108 valence electrons. The number of benzene rings is 1. The van der Waals surface area contributed by atoms with Gasteiger partial charge in [0.15, 0.2) is 11.5 Å². The van der Waals surface area contributed by atoms with Gasteiger partial charge in [-0.1, -0.05) is 12.6 Å². The Morgan fingerprint density at radius 1 is 1.30 bits per heavy atom. The molecule has 1 amide bonds. The lowest BCUT2D eigenvalue weighted by Gasteiger charge is -2.07. The largest absolute Gasteiger partial charge is 0.504 e. The number of hydrogen-bond acceptors (Lipinski definition) is 5. The summed E-state index contributed by atoms with van der Waals surface area (Å²) in [5.74, 6) is -1.28. The summed E-state index contributed by atoms with van der Waals surface area (Å²) in [7, 11) is 0. The summed E-state index contributed by atoms with van der Waals surface area (Å²) >= 11 is 0. The SMILES string of the molecule is C=C(C)C(=O)OCCNC(=O)Cc1ccc(O)c(O)c1. The number of phenols is 2. The number of rotatable bonds is 6. The Morgan fingerprint density at radius 3 is 2.60 bits per heavy atom. The van der Waals surface area contributed by atoms with Crippen molar-refractivity contribution in [2.75, 3.05) is 13.2 Å². The van der Waals surface area contributed by atoms with Gasteiger partial charge >= 0.3 is 5.97 Å². The normalized spacial score (nSPS) is 9.85. The third-order valence-corrected chi connectivity index (χ3v) is 2.41. The molecule has 0 unspecified atom stereocenters. The van der Waals surface area contributed by atoms with Crippen molar-refractivity contribution in [3.63, 3.8) is 0 Å². The second-order valence-corrected chi connectivity index (χ2v) is 4.27. The van der Waals surface area contributed by atoms with Gasteiger partial charge in [-0.3, -0.25) is 4.79 Å². The first-order chi connectivity index (χ1) is 9.40. The number of hydrogen-bond donors (Lipinski definition) is 3. The predicted molar refractivity (Wildman–Crippen MR) is 72.3 cm³/mol. The molecule has 6 nitrogen and oxygen atoms in total. The number of carbonyl (C=O) groups is 2. The van der Waals surface area contributed by atoms with Gasteiger partial charge in [-0.2, -0.15) is 0 Å². The fraction of sp³-hybridized carbons (Fsp3) is 0.286. The molecular formula is C14H17NO5. The van der Waals surface area contributed by atoms with E-state index in [1.54, 1.807) is 0 Å². The van der Waals surface area contributed by atoms with Crippen molar-refractivity contribution < 1.29 is 24.5 Å². The molecule has 0 aliphatic carbocycles. The van der Waals surface area contributed by atoms with Gasteiger partial charge in [0, 0.05) is 5.57 Å². The molecule has 0 fully saturated rings. The number of esters is 1. The molecule has 0 atom stereocenters. The molecule has 0 radical (unpaired) electrons. The summed E-state index contributed by atoms with van der Waals surface area (Å²) in [5, 5.41) is 21.0. The smallest absolute Gasteiger partial charge is 0.333 e. The van der Waals surface area contributed by atoms with E-state index >= 15 is 0 Å². The van der Waals surface area contributed by atoms with Gasteiger partial charge in [0.05, 0.1) is 13.0 Å². The predicted octanol–water partition coefficient (Wildman–Crippen LogP) is 0.876. The van der Waals surface area contributed by atoms with Crippen LogP contribution in [0.15, 0.2) is 30.4 Å². The minimum atomic E-state index is -0.497. The zero-order valence-electron chi connectivity index (χ0n) is 11.2. The highest BCUT2D eigenvalue weighted by molar-refractivity contribution is 5.87. The van der Waals surface area contributed by atoms with Crippen molar-refractivity contribution in [2.24, 2.45) is 0 Å². The Morgan fingerprint density at radius 2 is 2.00 bits per heavy atom. The van der Waals surface area contributed by atoms with Crippen LogP contribution in [0.1, 0.15) is 12.5 Å². The summed E-state index contributed by atoms with van der Waals surface area (Å²) in [4.78, 5) is 22.6. The van der Waals surface area contributed by atoms with E-state index in [1.807, 2.05) is 0 Å². The number of ether oxygens (including phenoxy) is 1. The van der Waals surface area contributed by atoms with Crippen LogP contribution in [0.25, 0.3) is 0 Å². The molecule has 0 aliphatic rings. The molecule has 0 saturated heterocycles.